The largest absolute Gasteiger partial charge is 0.409 e. The lowest BCUT2D eigenvalue weighted by molar-refractivity contribution is 0.318. The average Bonchev–Trinajstić information content (AvgIpc) is 2.75. The Morgan fingerprint density at radius 2 is 2.24 bits per heavy atom. The molecule has 1 aromatic heterocycles. The highest BCUT2D eigenvalue weighted by Crippen LogP contribution is 2.28. The number of hydrogen-bond donors (Lipinski definition) is 2. The molecule has 0 radical (unpaired) electrons. The van der Waals surface area contributed by atoms with Gasteiger partial charge in [0.1, 0.15) is 6.33 Å². The number of benzene rings is 1. The van der Waals surface area contributed by atoms with Gasteiger partial charge < -0.3 is 15.5 Å². The molecule has 3 N–H and O–H groups in total. The molecule has 0 spiro atoms. The summed E-state index contributed by atoms with van der Waals surface area (Å²) in [5.41, 5.74) is 6.28. The maximum absolute atomic E-state index is 8.71. The lowest BCUT2D eigenvalue weighted by Crippen LogP contribution is -2.14. The summed E-state index contributed by atoms with van der Waals surface area (Å²) in [4.78, 5) is 0.860. The van der Waals surface area contributed by atoms with Crippen molar-refractivity contribution >= 4 is 17.6 Å². The van der Waals surface area contributed by atoms with Crippen molar-refractivity contribution in [2.75, 3.05) is 0 Å². The van der Waals surface area contributed by atoms with E-state index in [0.717, 1.165) is 10.1 Å². The number of oxime groups is 1. The Kier molecular flexibility index (Phi) is 3.29. The summed E-state index contributed by atoms with van der Waals surface area (Å²) < 4.78 is 1.80. The average molecular weight is 249 g/mol. The van der Waals surface area contributed by atoms with Crippen LogP contribution in [0.4, 0.5) is 0 Å². The summed E-state index contributed by atoms with van der Waals surface area (Å²) in [6.45, 7) is 0. The van der Waals surface area contributed by atoms with E-state index < -0.39 is 0 Å². The molecule has 0 saturated carbocycles. The normalized spacial score (nSPS) is 11.7. The molecule has 0 fully saturated rings. The maximum atomic E-state index is 8.71. The molecule has 0 unspecified atom stereocenters. The molecular weight excluding hydrogens is 238 g/mol. The van der Waals surface area contributed by atoms with Gasteiger partial charge in [-0.3, -0.25) is 0 Å². The van der Waals surface area contributed by atoms with Crippen LogP contribution in [0.15, 0.2) is 45.8 Å². The molecule has 0 amide bonds. The third-order valence-electron chi connectivity index (χ3n) is 2.14. The number of nitrogens with zero attached hydrogens (tertiary/aromatic N) is 4. The van der Waals surface area contributed by atoms with E-state index in [2.05, 4.69) is 15.4 Å². The highest BCUT2D eigenvalue weighted by atomic mass is 32.2. The molecule has 7 heteroatoms. The summed E-state index contributed by atoms with van der Waals surface area (Å²) in [6.07, 6.45) is 1.62. The van der Waals surface area contributed by atoms with Crippen LogP contribution in [0.3, 0.4) is 0 Å². The van der Waals surface area contributed by atoms with E-state index in [1.54, 1.807) is 17.0 Å². The molecular formula is C10H11N5OS. The van der Waals surface area contributed by atoms with E-state index in [-0.39, 0.29) is 5.84 Å². The first-order valence-electron chi connectivity index (χ1n) is 4.81. The quantitative estimate of drug-likeness (QED) is 0.367. The molecule has 0 bridgehead atoms. The molecule has 17 heavy (non-hydrogen) atoms. The summed E-state index contributed by atoms with van der Waals surface area (Å²) in [5, 5.41) is 20.2. The SMILES string of the molecule is Cn1cnnc1Sc1ccccc1/C(N)=N/O. The zero-order valence-electron chi connectivity index (χ0n) is 9.11. The second-order valence-corrected chi connectivity index (χ2v) is 4.32. The first kappa shape index (κ1) is 11.5. The first-order chi connectivity index (χ1) is 8.22. The molecule has 1 heterocycles. The molecule has 1 aromatic carbocycles. The highest BCUT2D eigenvalue weighted by molar-refractivity contribution is 7.99. The number of hydrogen-bond acceptors (Lipinski definition) is 5. The van der Waals surface area contributed by atoms with Gasteiger partial charge >= 0.3 is 0 Å². The number of nitrogens with two attached hydrogens (primary N) is 1. The van der Waals surface area contributed by atoms with Crippen molar-refractivity contribution in [3.8, 4) is 0 Å². The predicted octanol–water partition coefficient (Wildman–Crippen LogP) is 1.06. The minimum atomic E-state index is 0.0790. The standard InChI is InChI=1S/C10H11N5OS/c1-15-6-12-13-10(15)17-8-5-3-2-4-7(8)9(11)14-16/h2-6,16H,1H3,(H2,11,14). The molecule has 2 rings (SSSR count). The Bertz CT molecular complexity index is 551. The van der Waals surface area contributed by atoms with E-state index in [9.17, 15) is 0 Å². The van der Waals surface area contributed by atoms with Gasteiger partial charge in [0.2, 0.25) is 0 Å². The molecule has 0 aliphatic carbocycles. The van der Waals surface area contributed by atoms with Crippen molar-refractivity contribution in [2.45, 2.75) is 10.1 Å². The molecule has 0 atom stereocenters. The fourth-order valence-electron chi connectivity index (χ4n) is 1.28. The van der Waals surface area contributed by atoms with Crippen molar-refractivity contribution < 1.29 is 5.21 Å². The highest BCUT2D eigenvalue weighted by Gasteiger charge is 2.10. The maximum Gasteiger partial charge on any atom is 0.195 e. The van der Waals surface area contributed by atoms with Gasteiger partial charge in [-0.1, -0.05) is 23.4 Å². The summed E-state index contributed by atoms with van der Waals surface area (Å²) in [6, 6.07) is 7.38. The van der Waals surface area contributed by atoms with Crippen LogP contribution in [-0.4, -0.2) is 25.8 Å². The second kappa shape index (κ2) is 4.88. The van der Waals surface area contributed by atoms with Gasteiger partial charge in [0, 0.05) is 17.5 Å². The number of aryl methyl sites for hydroxylation is 1. The van der Waals surface area contributed by atoms with Gasteiger partial charge in [0.25, 0.3) is 0 Å². The van der Waals surface area contributed by atoms with Crippen molar-refractivity contribution in [2.24, 2.45) is 17.9 Å². The van der Waals surface area contributed by atoms with Crippen LogP contribution in [0.2, 0.25) is 0 Å². The van der Waals surface area contributed by atoms with Crippen LogP contribution in [0.5, 0.6) is 0 Å². The lowest BCUT2D eigenvalue weighted by atomic mass is 10.2. The van der Waals surface area contributed by atoms with E-state index in [0.29, 0.717) is 5.56 Å². The molecule has 0 aliphatic rings. The Morgan fingerprint density at radius 3 is 2.88 bits per heavy atom. The van der Waals surface area contributed by atoms with Crippen molar-refractivity contribution in [3.63, 3.8) is 0 Å². The second-order valence-electron chi connectivity index (χ2n) is 3.31. The third-order valence-corrected chi connectivity index (χ3v) is 3.27. The topological polar surface area (TPSA) is 89.3 Å². The van der Waals surface area contributed by atoms with Gasteiger partial charge in [0.15, 0.2) is 11.0 Å². The fourth-order valence-corrected chi connectivity index (χ4v) is 2.19. The molecule has 88 valence electrons. The van der Waals surface area contributed by atoms with E-state index >= 15 is 0 Å². The zero-order valence-corrected chi connectivity index (χ0v) is 9.92. The van der Waals surface area contributed by atoms with Crippen molar-refractivity contribution in [1.29, 1.82) is 0 Å². The third kappa shape index (κ3) is 2.39. The summed E-state index contributed by atoms with van der Waals surface area (Å²) in [5.74, 6) is 0.0790. The van der Waals surface area contributed by atoms with Crippen LogP contribution in [0.1, 0.15) is 5.56 Å². The van der Waals surface area contributed by atoms with Gasteiger partial charge in [-0.25, -0.2) is 0 Å². The number of amidine groups is 1. The fraction of sp³-hybridized carbons (Fsp3) is 0.100. The van der Waals surface area contributed by atoms with Gasteiger partial charge in [0.05, 0.1) is 0 Å². The molecule has 0 saturated heterocycles. The monoisotopic (exact) mass is 249 g/mol. The van der Waals surface area contributed by atoms with E-state index in [4.69, 9.17) is 10.9 Å². The minimum Gasteiger partial charge on any atom is -0.409 e. The zero-order chi connectivity index (χ0) is 12.3. The first-order valence-corrected chi connectivity index (χ1v) is 5.63. The number of rotatable bonds is 3. The molecule has 6 nitrogen and oxygen atoms in total. The van der Waals surface area contributed by atoms with E-state index in [1.165, 1.54) is 11.8 Å². The minimum absolute atomic E-state index is 0.0790. The van der Waals surface area contributed by atoms with Crippen LogP contribution >= 0.6 is 11.8 Å². The van der Waals surface area contributed by atoms with Crippen molar-refractivity contribution in [1.82, 2.24) is 14.8 Å². The molecule has 0 aliphatic heterocycles. The Morgan fingerprint density at radius 1 is 1.47 bits per heavy atom. The smallest absolute Gasteiger partial charge is 0.195 e. The predicted molar refractivity (Wildman–Crippen MR) is 64.1 cm³/mol. The van der Waals surface area contributed by atoms with Crippen LogP contribution in [-0.2, 0) is 7.05 Å². The van der Waals surface area contributed by atoms with Gasteiger partial charge in [-0.05, 0) is 17.8 Å². The van der Waals surface area contributed by atoms with Crippen LogP contribution in [0.25, 0.3) is 0 Å². The van der Waals surface area contributed by atoms with Gasteiger partial charge in [-0.2, -0.15) is 0 Å². The Balaban J connectivity index is 2.36. The Hall–Kier alpha value is -2.02. The summed E-state index contributed by atoms with van der Waals surface area (Å²) >= 11 is 1.41. The van der Waals surface area contributed by atoms with Crippen LogP contribution < -0.4 is 5.73 Å². The van der Waals surface area contributed by atoms with Crippen LogP contribution in [0, 0.1) is 0 Å². The Labute approximate surface area is 102 Å². The van der Waals surface area contributed by atoms with E-state index in [1.807, 2.05) is 25.2 Å². The number of aromatic nitrogens is 3. The van der Waals surface area contributed by atoms with Crippen molar-refractivity contribution in [3.05, 3.63) is 36.2 Å². The summed E-state index contributed by atoms with van der Waals surface area (Å²) in [7, 11) is 1.86. The molecule has 2 aromatic rings. The van der Waals surface area contributed by atoms with Gasteiger partial charge in [-0.15, -0.1) is 10.2 Å². The lowest BCUT2D eigenvalue weighted by Gasteiger charge is -2.06.